The van der Waals surface area contributed by atoms with Gasteiger partial charge in [0.1, 0.15) is 18.0 Å². The molecule has 35 heavy (non-hydrogen) atoms. The van der Waals surface area contributed by atoms with Crippen LogP contribution in [-0.2, 0) is 6.18 Å². The van der Waals surface area contributed by atoms with Crippen molar-refractivity contribution in [3.8, 4) is 0 Å². The second kappa shape index (κ2) is 9.67. The summed E-state index contributed by atoms with van der Waals surface area (Å²) in [6, 6.07) is 10.5. The van der Waals surface area contributed by atoms with Gasteiger partial charge in [-0.05, 0) is 62.1 Å². The Morgan fingerprint density at radius 1 is 0.943 bits per heavy atom. The number of imidazole rings is 1. The maximum absolute atomic E-state index is 13.0. The number of benzene rings is 1. The quantitative estimate of drug-likeness (QED) is 0.393. The van der Waals surface area contributed by atoms with Crippen molar-refractivity contribution < 1.29 is 31.1 Å². The first-order chi connectivity index (χ1) is 16.5. The van der Waals surface area contributed by atoms with E-state index in [-0.39, 0.29) is 29.3 Å². The van der Waals surface area contributed by atoms with Crippen molar-refractivity contribution in [3.05, 3.63) is 59.9 Å². The van der Waals surface area contributed by atoms with E-state index in [0.29, 0.717) is 37.1 Å². The Balaban J connectivity index is 1.29. The number of carbonyl (C=O) groups is 1. The van der Waals surface area contributed by atoms with E-state index in [1.54, 1.807) is 12.1 Å². The van der Waals surface area contributed by atoms with Crippen LogP contribution >= 0.6 is 0 Å². The largest absolute Gasteiger partial charge is 0.434 e. The fourth-order valence-corrected chi connectivity index (χ4v) is 4.07. The summed E-state index contributed by atoms with van der Waals surface area (Å²) in [6.07, 6.45) is -5.16. The number of nitrogens with zero attached hydrogens (tertiary/aromatic N) is 2. The average Bonchev–Trinajstić information content (AvgIpc) is 3.25. The van der Waals surface area contributed by atoms with E-state index in [9.17, 15) is 31.1 Å². The van der Waals surface area contributed by atoms with Crippen LogP contribution in [0.2, 0.25) is 0 Å². The third-order valence-corrected chi connectivity index (χ3v) is 5.84. The summed E-state index contributed by atoms with van der Waals surface area (Å²) in [7, 11) is 0. The van der Waals surface area contributed by atoms with Gasteiger partial charge in [0.2, 0.25) is 0 Å². The van der Waals surface area contributed by atoms with Crippen LogP contribution in [0.1, 0.15) is 41.7 Å². The molecule has 0 spiro atoms. The molecule has 2 heterocycles. The molecular formula is C23H23F6N5O. The number of aromatic nitrogens is 2. The van der Waals surface area contributed by atoms with Crippen molar-refractivity contribution in [2.45, 2.75) is 50.1 Å². The minimum absolute atomic E-state index is 0.0180. The predicted molar refractivity (Wildman–Crippen MR) is 118 cm³/mol. The molecule has 12 heteroatoms. The minimum atomic E-state index is -4.53. The molecule has 1 aromatic carbocycles. The number of amides is 1. The summed E-state index contributed by atoms with van der Waals surface area (Å²) in [5.74, 6) is 0.198. The Morgan fingerprint density at radius 2 is 1.60 bits per heavy atom. The van der Waals surface area contributed by atoms with Gasteiger partial charge in [-0.2, -0.15) is 26.3 Å². The first kappa shape index (κ1) is 24.7. The third-order valence-electron chi connectivity index (χ3n) is 5.84. The Kier molecular flexibility index (Phi) is 6.82. The van der Waals surface area contributed by atoms with Crippen molar-refractivity contribution in [1.29, 1.82) is 0 Å². The Bertz CT molecular complexity index is 1160. The molecule has 3 aromatic rings. The van der Waals surface area contributed by atoms with E-state index >= 15 is 0 Å². The molecule has 0 radical (unpaired) electrons. The van der Waals surface area contributed by atoms with Gasteiger partial charge in [-0.3, -0.25) is 9.20 Å². The average molecular weight is 499 g/mol. The zero-order valence-corrected chi connectivity index (χ0v) is 18.4. The predicted octanol–water partition coefficient (Wildman–Crippen LogP) is 5.48. The second-order valence-electron chi connectivity index (χ2n) is 8.48. The monoisotopic (exact) mass is 499 g/mol. The Morgan fingerprint density at radius 3 is 2.23 bits per heavy atom. The maximum Gasteiger partial charge on any atom is 0.434 e. The summed E-state index contributed by atoms with van der Waals surface area (Å²) >= 11 is 0. The van der Waals surface area contributed by atoms with Gasteiger partial charge in [0.05, 0.1) is 0 Å². The molecule has 0 aliphatic heterocycles. The van der Waals surface area contributed by atoms with E-state index in [0.717, 1.165) is 6.20 Å². The van der Waals surface area contributed by atoms with Crippen LogP contribution < -0.4 is 16.0 Å². The maximum atomic E-state index is 13.0. The van der Waals surface area contributed by atoms with Crippen molar-refractivity contribution in [2.75, 3.05) is 17.2 Å². The number of fused-ring (bicyclic) bond motifs is 1. The molecule has 0 saturated heterocycles. The van der Waals surface area contributed by atoms with Gasteiger partial charge >= 0.3 is 12.4 Å². The fraction of sp³-hybridized carbons (Fsp3) is 0.391. The lowest BCUT2D eigenvalue weighted by Gasteiger charge is -2.30. The van der Waals surface area contributed by atoms with Crippen molar-refractivity contribution in [2.24, 2.45) is 0 Å². The number of pyridine rings is 1. The van der Waals surface area contributed by atoms with Crippen LogP contribution in [0.25, 0.3) is 5.65 Å². The van der Waals surface area contributed by atoms with E-state index in [1.807, 2.05) is 0 Å². The zero-order chi connectivity index (χ0) is 25.2. The lowest BCUT2D eigenvalue weighted by atomic mass is 9.91. The minimum Gasteiger partial charge on any atom is -0.376 e. The van der Waals surface area contributed by atoms with Gasteiger partial charge in [0.25, 0.3) is 5.91 Å². The molecule has 1 aliphatic carbocycles. The van der Waals surface area contributed by atoms with Crippen LogP contribution in [0.3, 0.4) is 0 Å². The van der Waals surface area contributed by atoms with Gasteiger partial charge in [-0.1, -0.05) is 6.07 Å². The molecule has 0 atom stereocenters. The number of anilines is 2. The van der Waals surface area contributed by atoms with Crippen LogP contribution in [0.5, 0.6) is 0 Å². The SMILES string of the molecule is O=C(NC1CCC(Nc2cccc3nc(C(F)(F)F)cn23)CC1)c1ccc(NCC(F)(F)F)cc1. The fourth-order valence-electron chi connectivity index (χ4n) is 4.07. The summed E-state index contributed by atoms with van der Waals surface area (Å²) in [5, 5.41) is 8.47. The number of halogens is 6. The van der Waals surface area contributed by atoms with Gasteiger partial charge in [0, 0.05) is 29.5 Å². The molecule has 3 N–H and O–H groups in total. The van der Waals surface area contributed by atoms with Gasteiger partial charge in [-0.25, -0.2) is 4.98 Å². The highest BCUT2D eigenvalue weighted by Gasteiger charge is 2.34. The summed E-state index contributed by atoms with van der Waals surface area (Å²) < 4.78 is 77.3. The molecule has 1 amide bonds. The van der Waals surface area contributed by atoms with E-state index in [1.165, 1.54) is 34.7 Å². The molecule has 1 saturated carbocycles. The normalized spacial score (nSPS) is 18.9. The van der Waals surface area contributed by atoms with Gasteiger partial charge in [0.15, 0.2) is 5.69 Å². The number of nitrogens with one attached hydrogen (secondary N) is 3. The van der Waals surface area contributed by atoms with Crippen molar-refractivity contribution >= 4 is 23.1 Å². The number of carbonyl (C=O) groups excluding carboxylic acids is 1. The first-order valence-corrected chi connectivity index (χ1v) is 11.0. The van der Waals surface area contributed by atoms with Crippen LogP contribution in [0.4, 0.5) is 37.8 Å². The number of rotatable bonds is 6. The number of alkyl halides is 6. The second-order valence-corrected chi connectivity index (χ2v) is 8.48. The molecule has 1 fully saturated rings. The molecule has 4 rings (SSSR count). The lowest BCUT2D eigenvalue weighted by molar-refractivity contribution is -0.140. The summed E-state index contributed by atoms with van der Waals surface area (Å²) in [6.45, 7) is -1.16. The van der Waals surface area contributed by atoms with E-state index in [4.69, 9.17) is 0 Å². The van der Waals surface area contributed by atoms with Crippen LogP contribution in [0, 0.1) is 0 Å². The smallest absolute Gasteiger partial charge is 0.376 e. The molecule has 1 aliphatic rings. The number of hydrogen-bond acceptors (Lipinski definition) is 4. The molecule has 0 unspecified atom stereocenters. The molecular weight excluding hydrogens is 476 g/mol. The van der Waals surface area contributed by atoms with Gasteiger partial charge < -0.3 is 16.0 Å². The first-order valence-electron chi connectivity index (χ1n) is 11.0. The highest BCUT2D eigenvalue weighted by molar-refractivity contribution is 5.94. The van der Waals surface area contributed by atoms with Crippen molar-refractivity contribution in [3.63, 3.8) is 0 Å². The van der Waals surface area contributed by atoms with E-state index < -0.39 is 24.6 Å². The highest BCUT2D eigenvalue weighted by Crippen LogP contribution is 2.30. The molecule has 0 bridgehead atoms. The Labute approximate surface area is 196 Å². The Hall–Kier alpha value is -3.44. The molecule has 6 nitrogen and oxygen atoms in total. The molecule has 188 valence electrons. The third kappa shape index (κ3) is 6.37. The number of hydrogen-bond donors (Lipinski definition) is 3. The van der Waals surface area contributed by atoms with Crippen LogP contribution in [-0.4, -0.2) is 40.1 Å². The lowest BCUT2D eigenvalue weighted by Crippen LogP contribution is -2.40. The van der Waals surface area contributed by atoms with Gasteiger partial charge in [-0.15, -0.1) is 0 Å². The summed E-state index contributed by atoms with van der Waals surface area (Å²) in [5.41, 5.74) is -0.152. The van der Waals surface area contributed by atoms with Crippen LogP contribution in [0.15, 0.2) is 48.7 Å². The molecule has 2 aromatic heterocycles. The van der Waals surface area contributed by atoms with E-state index in [2.05, 4.69) is 20.9 Å². The highest BCUT2D eigenvalue weighted by atomic mass is 19.4. The topological polar surface area (TPSA) is 70.5 Å². The standard InChI is InChI=1S/C23H23F6N5O/c24-22(25,26)13-30-15-6-4-14(5-7-15)21(35)32-17-10-8-16(9-11-17)31-19-2-1-3-20-33-18(12-34(19)20)23(27,28)29/h1-7,12,16-17,30-31H,8-11,13H2,(H,32,35). The zero-order valence-electron chi connectivity index (χ0n) is 18.4. The van der Waals surface area contributed by atoms with Crippen molar-refractivity contribution in [1.82, 2.24) is 14.7 Å². The summed E-state index contributed by atoms with van der Waals surface area (Å²) in [4.78, 5) is 16.1.